The van der Waals surface area contributed by atoms with Crippen LogP contribution in [0.25, 0.3) is 0 Å². The molecule has 1 N–H and O–H groups in total. The Morgan fingerprint density at radius 1 is 1.19 bits per heavy atom. The molecule has 0 saturated carbocycles. The first-order valence-electron chi connectivity index (χ1n) is 5.53. The lowest BCUT2D eigenvalue weighted by Gasteiger charge is -2.16. The van der Waals surface area contributed by atoms with Crippen LogP contribution in [-0.2, 0) is 0 Å². The molecule has 0 radical (unpaired) electrons. The van der Waals surface area contributed by atoms with Gasteiger partial charge in [-0.1, -0.05) is 12.1 Å². The number of anilines is 1. The molecule has 1 heterocycles. The zero-order valence-corrected chi connectivity index (χ0v) is 9.95. The van der Waals surface area contributed by atoms with Crippen molar-refractivity contribution in [3.63, 3.8) is 0 Å². The van der Waals surface area contributed by atoms with Crippen LogP contribution in [0.5, 0.6) is 0 Å². The van der Waals surface area contributed by atoms with Crippen LogP contribution in [0.15, 0.2) is 41.2 Å². The highest BCUT2D eigenvalue weighted by molar-refractivity contribution is 5.54. The van der Waals surface area contributed by atoms with Gasteiger partial charge in [-0.15, -0.1) is 0 Å². The van der Waals surface area contributed by atoms with E-state index in [1.807, 2.05) is 6.07 Å². The minimum atomic E-state index is 0.263. The van der Waals surface area contributed by atoms with Crippen molar-refractivity contribution in [2.24, 2.45) is 0 Å². The van der Waals surface area contributed by atoms with Crippen LogP contribution in [0, 0.1) is 13.8 Å². The van der Waals surface area contributed by atoms with Gasteiger partial charge in [-0.2, -0.15) is 0 Å². The number of nitrogens with one attached hydrogen (secondary N) is 1. The molecule has 0 bridgehead atoms. The van der Waals surface area contributed by atoms with Crippen molar-refractivity contribution in [2.75, 3.05) is 5.32 Å². The highest BCUT2D eigenvalue weighted by Gasteiger charge is 2.08. The maximum absolute atomic E-state index is 5.09. The first kappa shape index (κ1) is 10.8. The molecule has 0 saturated heterocycles. The summed E-state index contributed by atoms with van der Waals surface area (Å²) in [7, 11) is 0. The van der Waals surface area contributed by atoms with E-state index in [1.165, 1.54) is 22.4 Å². The normalized spacial score (nSPS) is 12.4. The van der Waals surface area contributed by atoms with E-state index in [-0.39, 0.29) is 6.04 Å². The van der Waals surface area contributed by atoms with Crippen LogP contribution in [0.2, 0.25) is 0 Å². The Kier molecular flexibility index (Phi) is 3.00. The average molecular weight is 215 g/mol. The second kappa shape index (κ2) is 4.44. The van der Waals surface area contributed by atoms with Gasteiger partial charge in [0.05, 0.1) is 18.6 Å². The number of furan rings is 1. The van der Waals surface area contributed by atoms with Crippen LogP contribution in [-0.4, -0.2) is 0 Å². The predicted molar refractivity (Wildman–Crippen MR) is 66.7 cm³/mol. The van der Waals surface area contributed by atoms with Crippen molar-refractivity contribution in [1.29, 1.82) is 0 Å². The highest BCUT2D eigenvalue weighted by atomic mass is 16.3. The summed E-state index contributed by atoms with van der Waals surface area (Å²) in [5, 5.41) is 3.49. The Bertz CT molecular complexity index is 460. The number of aryl methyl sites for hydroxylation is 1. The van der Waals surface area contributed by atoms with Crippen LogP contribution in [0.3, 0.4) is 0 Å². The summed E-state index contributed by atoms with van der Waals surface area (Å²) in [6.07, 6.45) is 3.49. The molecule has 1 aromatic heterocycles. The summed E-state index contributed by atoms with van der Waals surface area (Å²) in [6.45, 7) is 6.40. The lowest BCUT2D eigenvalue weighted by molar-refractivity contribution is 0.562. The van der Waals surface area contributed by atoms with Gasteiger partial charge in [0.1, 0.15) is 0 Å². The van der Waals surface area contributed by atoms with Crippen molar-refractivity contribution in [1.82, 2.24) is 0 Å². The molecule has 84 valence electrons. The molecule has 1 aromatic carbocycles. The van der Waals surface area contributed by atoms with Gasteiger partial charge in [0, 0.05) is 11.3 Å². The molecular weight excluding hydrogens is 198 g/mol. The molecule has 2 nitrogen and oxygen atoms in total. The van der Waals surface area contributed by atoms with Crippen molar-refractivity contribution < 1.29 is 4.42 Å². The molecule has 2 heteroatoms. The number of rotatable bonds is 3. The zero-order chi connectivity index (χ0) is 11.5. The molecule has 2 rings (SSSR count). The van der Waals surface area contributed by atoms with Gasteiger partial charge in [-0.25, -0.2) is 0 Å². The lowest BCUT2D eigenvalue weighted by atomic mass is 10.1. The fraction of sp³-hybridized carbons (Fsp3) is 0.286. The first-order chi connectivity index (χ1) is 7.68. The Morgan fingerprint density at radius 2 is 2.00 bits per heavy atom. The summed E-state index contributed by atoms with van der Waals surface area (Å²) in [5.74, 6) is 0. The number of benzene rings is 1. The summed E-state index contributed by atoms with van der Waals surface area (Å²) in [6, 6.07) is 8.57. The first-order valence-corrected chi connectivity index (χ1v) is 5.53. The summed E-state index contributed by atoms with van der Waals surface area (Å²) >= 11 is 0. The minimum absolute atomic E-state index is 0.263. The van der Waals surface area contributed by atoms with Crippen LogP contribution in [0.4, 0.5) is 5.69 Å². The van der Waals surface area contributed by atoms with Gasteiger partial charge in [-0.3, -0.25) is 0 Å². The molecule has 0 aliphatic heterocycles. The summed E-state index contributed by atoms with van der Waals surface area (Å²) in [5.41, 5.74) is 4.97. The van der Waals surface area contributed by atoms with Gasteiger partial charge in [-0.05, 0) is 44.0 Å². The maximum atomic E-state index is 5.09. The van der Waals surface area contributed by atoms with E-state index in [4.69, 9.17) is 4.42 Å². The second-order valence-electron chi connectivity index (χ2n) is 4.17. The zero-order valence-electron chi connectivity index (χ0n) is 9.95. The molecule has 0 fully saturated rings. The standard InChI is InChI=1S/C14H17NO/c1-10-5-4-6-14(11(10)2)15-12(3)13-7-8-16-9-13/h4-9,12,15H,1-3H3. The number of hydrogen-bond donors (Lipinski definition) is 1. The van der Waals surface area contributed by atoms with E-state index in [0.29, 0.717) is 0 Å². The van der Waals surface area contributed by atoms with Crippen LogP contribution in [0.1, 0.15) is 29.7 Å². The second-order valence-corrected chi connectivity index (χ2v) is 4.17. The molecule has 2 aromatic rings. The fourth-order valence-electron chi connectivity index (χ4n) is 1.75. The van der Waals surface area contributed by atoms with E-state index in [2.05, 4.69) is 44.3 Å². The van der Waals surface area contributed by atoms with Crippen LogP contribution >= 0.6 is 0 Å². The van der Waals surface area contributed by atoms with Crippen molar-refractivity contribution in [3.8, 4) is 0 Å². The summed E-state index contributed by atoms with van der Waals surface area (Å²) in [4.78, 5) is 0. The Labute approximate surface area is 96.3 Å². The van der Waals surface area contributed by atoms with E-state index < -0.39 is 0 Å². The third kappa shape index (κ3) is 2.11. The van der Waals surface area contributed by atoms with Crippen molar-refractivity contribution in [2.45, 2.75) is 26.8 Å². The van der Waals surface area contributed by atoms with Gasteiger partial charge in [0.2, 0.25) is 0 Å². The van der Waals surface area contributed by atoms with Crippen molar-refractivity contribution in [3.05, 3.63) is 53.5 Å². The number of hydrogen-bond acceptors (Lipinski definition) is 2. The maximum Gasteiger partial charge on any atom is 0.0955 e. The molecule has 0 aliphatic rings. The Morgan fingerprint density at radius 3 is 2.69 bits per heavy atom. The minimum Gasteiger partial charge on any atom is -0.472 e. The molecule has 1 unspecified atom stereocenters. The SMILES string of the molecule is Cc1cccc(NC(C)c2ccoc2)c1C. The Hall–Kier alpha value is -1.70. The molecule has 1 atom stereocenters. The molecule has 0 aliphatic carbocycles. The molecule has 0 spiro atoms. The van der Waals surface area contributed by atoms with Crippen LogP contribution < -0.4 is 5.32 Å². The smallest absolute Gasteiger partial charge is 0.0955 e. The van der Waals surface area contributed by atoms with E-state index in [1.54, 1.807) is 12.5 Å². The predicted octanol–water partition coefficient (Wildman–Crippen LogP) is 4.07. The van der Waals surface area contributed by atoms with Gasteiger partial charge in [0.25, 0.3) is 0 Å². The van der Waals surface area contributed by atoms with E-state index >= 15 is 0 Å². The third-order valence-corrected chi connectivity index (χ3v) is 3.02. The molecule has 16 heavy (non-hydrogen) atoms. The summed E-state index contributed by atoms with van der Waals surface area (Å²) < 4.78 is 5.09. The third-order valence-electron chi connectivity index (χ3n) is 3.02. The largest absolute Gasteiger partial charge is 0.472 e. The monoisotopic (exact) mass is 215 g/mol. The highest BCUT2D eigenvalue weighted by Crippen LogP contribution is 2.23. The molecular formula is C14H17NO. The van der Waals surface area contributed by atoms with E-state index in [0.717, 1.165) is 0 Å². The Balaban J connectivity index is 2.18. The average Bonchev–Trinajstić information content (AvgIpc) is 2.78. The van der Waals surface area contributed by atoms with Gasteiger partial charge >= 0.3 is 0 Å². The molecule has 0 amide bonds. The lowest BCUT2D eigenvalue weighted by Crippen LogP contribution is -2.07. The van der Waals surface area contributed by atoms with E-state index in [9.17, 15) is 0 Å². The topological polar surface area (TPSA) is 25.2 Å². The van der Waals surface area contributed by atoms with Crippen molar-refractivity contribution >= 4 is 5.69 Å². The van der Waals surface area contributed by atoms with Gasteiger partial charge in [0.15, 0.2) is 0 Å². The quantitative estimate of drug-likeness (QED) is 0.834. The van der Waals surface area contributed by atoms with Gasteiger partial charge < -0.3 is 9.73 Å². The fourth-order valence-corrected chi connectivity index (χ4v) is 1.75.